The van der Waals surface area contributed by atoms with Crippen LogP contribution >= 0.6 is 11.3 Å². The van der Waals surface area contributed by atoms with Gasteiger partial charge < -0.3 is 20.2 Å². The molecule has 2 aliphatic heterocycles. The van der Waals surface area contributed by atoms with E-state index in [1.54, 1.807) is 11.3 Å². The number of rotatable bonds is 6. The predicted octanol–water partition coefficient (Wildman–Crippen LogP) is 4.88. The summed E-state index contributed by atoms with van der Waals surface area (Å²) in [5.41, 5.74) is 2.22. The second kappa shape index (κ2) is 9.76. The zero-order valence-corrected chi connectivity index (χ0v) is 23.3. The van der Waals surface area contributed by atoms with E-state index < -0.39 is 0 Å². The van der Waals surface area contributed by atoms with Gasteiger partial charge in [-0.25, -0.2) is 4.98 Å². The standard InChI is InChI=1S/C31H40N4O2S/c1-20-2-7-28(38-20)27-6-4-25(30(37)32-19-21-18-22-3-5-26(21)31(22)12-13-31)29(33-27)35-14-8-23(9-15-35)34-16-10-24(36)11-17-34/h2-7,21-24,26,36H,8-19H2,1H3,(H,32,37)/t21-,22-,26+/m1/s1. The van der Waals surface area contributed by atoms with Gasteiger partial charge in [0, 0.05) is 43.6 Å². The molecule has 2 saturated heterocycles. The Kier molecular flexibility index (Phi) is 6.37. The van der Waals surface area contributed by atoms with Crippen LogP contribution < -0.4 is 10.2 Å². The molecule has 3 atom stereocenters. The molecule has 0 aromatic carbocycles. The number of carbonyl (C=O) groups excluding carboxylic acids is 1. The van der Waals surface area contributed by atoms with Crippen LogP contribution in [0.3, 0.4) is 0 Å². The van der Waals surface area contributed by atoms with Crippen molar-refractivity contribution in [1.29, 1.82) is 0 Å². The number of aromatic nitrogens is 1. The first-order valence-electron chi connectivity index (χ1n) is 14.7. The minimum absolute atomic E-state index is 0.0187. The molecule has 3 aliphatic carbocycles. The van der Waals surface area contributed by atoms with Gasteiger partial charge in [-0.05, 0) is 99.3 Å². The summed E-state index contributed by atoms with van der Waals surface area (Å²) >= 11 is 1.75. The monoisotopic (exact) mass is 532 g/mol. The fraction of sp³-hybridized carbons (Fsp3) is 0.613. The summed E-state index contributed by atoms with van der Waals surface area (Å²) in [6.07, 6.45) is 12.6. The van der Waals surface area contributed by atoms with Gasteiger partial charge in [-0.2, -0.15) is 0 Å². The summed E-state index contributed by atoms with van der Waals surface area (Å²) in [5, 5.41) is 13.2. The number of allylic oxidation sites excluding steroid dienone is 2. The summed E-state index contributed by atoms with van der Waals surface area (Å²) in [6.45, 7) is 6.68. The summed E-state index contributed by atoms with van der Waals surface area (Å²) in [7, 11) is 0. The van der Waals surface area contributed by atoms with Crippen molar-refractivity contribution in [2.24, 2.45) is 23.2 Å². The fourth-order valence-electron chi connectivity index (χ4n) is 7.94. The maximum Gasteiger partial charge on any atom is 0.255 e. The summed E-state index contributed by atoms with van der Waals surface area (Å²) in [6, 6.07) is 8.86. The average Bonchev–Trinajstić information content (AvgIpc) is 3.41. The Morgan fingerprint density at radius 1 is 1.08 bits per heavy atom. The van der Waals surface area contributed by atoms with Crippen LogP contribution in [0, 0.1) is 30.1 Å². The molecule has 7 rings (SSSR count). The molecule has 2 N–H and O–H groups in total. The van der Waals surface area contributed by atoms with E-state index in [4.69, 9.17) is 4.98 Å². The number of pyridine rings is 1. The molecule has 2 saturated carbocycles. The maximum absolute atomic E-state index is 13.6. The van der Waals surface area contributed by atoms with Gasteiger partial charge in [0.05, 0.1) is 22.2 Å². The highest BCUT2D eigenvalue weighted by atomic mass is 32.1. The van der Waals surface area contributed by atoms with Crippen molar-refractivity contribution >= 4 is 23.1 Å². The lowest BCUT2D eigenvalue weighted by Gasteiger charge is -2.41. The number of anilines is 1. The molecular weight excluding hydrogens is 492 g/mol. The first kappa shape index (κ1) is 24.8. The Bertz CT molecular complexity index is 1220. The van der Waals surface area contributed by atoms with Crippen molar-refractivity contribution in [3.8, 4) is 10.6 Å². The number of carbonyl (C=O) groups is 1. The lowest BCUT2D eigenvalue weighted by molar-refractivity contribution is 0.0542. The molecule has 1 amide bonds. The van der Waals surface area contributed by atoms with E-state index >= 15 is 0 Å². The molecule has 0 unspecified atom stereocenters. The molecule has 0 radical (unpaired) electrons. The van der Waals surface area contributed by atoms with Gasteiger partial charge in [0.15, 0.2) is 0 Å². The summed E-state index contributed by atoms with van der Waals surface area (Å²) in [4.78, 5) is 26.1. The Hall–Kier alpha value is -2.22. The number of thiophene rings is 1. The summed E-state index contributed by atoms with van der Waals surface area (Å²) in [5.74, 6) is 2.82. The molecule has 2 aromatic rings. The van der Waals surface area contributed by atoms with Crippen molar-refractivity contribution in [2.45, 2.75) is 64.0 Å². The van der Waals surface area contributed by atoms with Crippen LogP contribution in [0.15, 0.2) is 36.4 Å². The third-order valence-corrected chi connectivity index (χ3v) is 11.3. The molecule has 2 aromatic heterocycles. The number of nitrogens with zero attached hydrogens (tertiary/aromatic N) is 3. The molecule has 1 spiro atoms. The predicted molar refractivity (Wildman–Crippen MR) is 153 cm³/mol. The third kappa shape index (κ3) is 4.40. The van der Waals surface area contributed by atoms with Crippen LogP contribution in [0.25, 0.3) is 10.6 Å². The number of piperidine rings is 2. The van der Waals surface area contributed by atoms with Gasteiger partial charge in [0.1, 0.15) is 5.82 Å². The van der Waals surface area contributed by atoms with Gasteiger partial charge in [-0.15, -0.1) is 11.3 Å². The highest BCUT2D eigenvalue weighted by molar-refractivity contribution is 7.15. The van der Waals surface area contributed by atoms with E-state index in [-0.39, 0.29) is 12.0 Å². The second-order valence-corrected chi connectivity index (χ2v) is 13.7. The number of amides is 1. The van der Waals surface area contributed by atoms with Crippen molar-refractivity contribution in [1.82, 2.24) is 15.2 Å². The minimum Gasteiger partial charge on any atom is -0.393 e. The smallest absolute Gasteiger partial charge is 0.255 e. The normalized spacial score (nSPS) is 28.9. The van der Waals surface area contributed by atoms with E-state index in [2.05, 4.69) is 46.3 Å². The van der Waals surface area contributed by atoms with Crippen molar-refractivity contribution < 1.29 is 9.90 Å². The van der Waals surface area contributed by atoms with Crippen LogP contribution in [0.2, 0.25) is 0 Å². The molecule has 202 valence electrons. The van der Waals surface area contributed by atoms with Gasteiger partial charge in [-0.1, -0.05) is 12.2 Å². The minimum atomic E-state index is -0.134. The van der Waals surface area contributed by atoms with Gasteiger partial charge in [-0.3, -0.25) is 4.79 Å². The number of likely N-dealkylation sites (tertiary alicyclic amines) is 1. The molecule has 7 heteroatoms. The Morgan fingerprint density at radius 3 is 2.55 bits per heavy atom. The second-order valence-electron chi connectivity index (χ2n) is 12.4. The highest BCUT2D eigenvalue weighted by Crippen LogP contribution is 2.69. The number of nitrogens with one attached hydrogen (secondary N) is 1. The van der Waals surface area contributed by atoms with E-state index in [1.807, 2.05) is 12.1 Å². The number of aryl methyl sites for hydroxylation is 1. The Balaban J connectivity index is 1.08. The zero-order chi connectivity index (χ0) is 25.9. The van der Waals surface area contributed by atoms with Crippen LogP contribution in [0.5, 0.6) is 0 Å². The van der Waals surface area contributed by atoms with Gasteiger partial charge in [0.25, 0.3) is 5.91 Å². The average molecular weight is 533 g/mol. The topological polar surface area (TPSA) is 68.7 Å². The third-order valence-electron chi connectivity index (χ3n) is 10.3. The molecule has 4 fully saturated rings. The SMILES string of the molecule is Cc1ccc(-c2ccc(C(=O)NC[C@H]3C[C@H]4C=C[C@@H]3C43CC3)c(N3CCC(N4CCC(O)CC4)CC3)n2)s1. The maximum atomic E-state index is 13.6. The van der Waals surface area contributed by atoms with E-state index in [9.17, 15) is 9.90 Å². The quantitative estimate of drug-likeness (QED) is 0.520. The number of hydrogen-bond donors (Lipinski definition) is 2. The lowest BCUT2D eigenvalue weighted by atomic mass is 9.89. The molecule has 38 heavy (non-hydrogen) atoms. The number of aliphatic hydroxyl groups excluding tert-OH is 1. The largest absolute Gasteiger partial charge is 0.393 e. The zero-order valence-electron chi connectivity index (χ0n) is 22.4. The van der Waals surface area contributed by atoms with Crippen LogP contribution in [0.1, 0.15) is 60.2 Å². The van der Waals surface area contributed by atoms with Crippen LogP contribution in [0.4, 0.5) is 5.82 Å². The van der Waals surface area contributed by atoms with Gasteiger partial charge >= 0.3 is 0 Å². The number of hydrogen-bond acceptors (Lipinski definition) is 6. The first-order valence-corrected chi connectivity index (χ1v) is 15.5. The van der Waals surface area contributed by atoms with Crippen molar-refractivity contribution in [3.05, 3.63) is 46.9 Å². The van der Waals surface area contributed by atoms with Crippen LogP contribution in [-0.4, -0.2) is 65.8 Å². The van der Waals surface area contributed by atoms with Gasteiger partial charge in [0.2, 0.25) is 0 Å². The van der Waals surface area contributed by atoms with E-state index in [0.29, 0.717) is 28.9 Å². The molecule has 5 aliphatic rings. The Morgan fingerprint density at radius 2 is 1.87 bits per heavy atom. The summed E-state index contributed by atoms with van der Waals surface area (Å²) < 4.78 is 0. The Labute approximate surface area is 230 Å². The lowest BCUT2D eigenvalue weighted by Crippen LogP contribution is -2.49. The number of aliphatic hydroxyl groups is 1. The highest BCUT2D eigenvalue weighted by Gasteiger charge is 2.62. The molecule has 2 bridgehead atoms. The first-order chi connectivity index (χ1) is 18.5. The van der Waals surface area contributed by atoms with E-state index in [1.165, 1.54) is 24.1 Å². The van der Waals surface area contributed by atoms with E-state index in [0.717, 1.165) is 80.7 Å². The van der Waals surface area contributed by atoms with Crippen molar-refractivity contribution in [2.75, 3.05) is 37.6 Å². The molecular formula is C31H40N4O2S. The van der Waals surface area contributed by atoms with Crippen LogP contribution in [-0.2, 0) is 0 Å². The molecule has 6 nitrogen and oxygen atoms in total. The molecule has 4 heterocycles. The van der Waals surface area contributed by atoms with Crippen molar-refractivity contribution in [3.63, 3.8) is 0 Å². The fourth-order valence-corrected chi connectivity index (χ4v) is 8.78.